The summed E-state index contributed by atoms with van der Waals surface area (Å²) >= 11 is 0. The molecule has 2 heterocycles. The van der Waals surface area contributed by atoms with Crippen LogP contribution >= 0.6 is 21.0 Å². The zero-order valence-electron chi connectivity index (χ0n) is 19.8. The Hall–Kier alpha value is -1.20. The Morgan fingerprint density at radius 2 is 1.23 bits per heavy atom. The third-order valence-corrected chi connectivity index (χ3v) is 8.96. The molecule has 2 unspecified atom stereocenters. The lowest BCUT2D eigenvalue weighted by molar-refractivity contribution is 0.349. The van der Waals surface area contributed by atoms with E-state index in [0.717, 1.165) is 13.1 Å². The SMILES string of the molecule is C=S1CCN(C)Cc2cc(C)c(C)cc21.C=S1CCN(C)Cc2ccccc21.CC. The van der Waals surface area contributed by atoms with Crippen LogP contribution in [-0.2, 0) is 13.1 Å². The molecule has 2 aromatic rings. The van der Waals surface area contributed by atoms with Crippen molar-refractivity contribution in [2.45, 2.75) is 50.6 Å². The zero-order chi connectivity index (χ0) is 22.3. The molecule has 0 saturated heterocycles. The van der Waals surface area contributed by atoms with E-state index in [1.54, 1.807) is 0 Å². The first-order valence-electron chi connectivity index (χ1n) is 10.9. The fourth-order valence-electron chi connectivity index (χ4n) is 3.65. The molecular weight excluding hydrogens is 404 g/mol. The monoisotopic (exact) mass is 444 g/mol. The molecule has 0 N–H and O–H groups in total. The normalized spacial score (nSPS) is 21.5. The lowest BCUT2D eigenvalue weighted by Gasteiger charge is -2.14. The Morgan fingerprint density at radius 1 is 0.733 bits per heavy atom. The van der Waals surface area contributed by atoms with E-state index >= 15 is 0 Å². The second kappa shape index (κ2) is 12.0. The molecule has 0 spiro atoms. The number of benzene rings is 2. The molecule has 0 radical (unpaired) electrons. The topological polar surface area (TPSA) is 6.48 Å². The summed E-state index contributed by atoms with van der Waals surface area (Å²) < 4.78 is 0. The highest BCUT2D eigenvalue weighted by atomic mass is 32.2. The summed E-state index contributed by atoms with van der Waals surface area (Å²) in [6, 6.07) is 13.4. The van der Waals surface area contributed by atoms with Gasteiger partial charge < -0.3 is 9.80 Å². The third-order valence-electron chi connectivity index (χ3n) is 5.59. The highest BCUT2D eigenvalue weighted by Gasteiger charge is 2.14. The molecule has 166 valence electrons. The summed E-state index contributed by atoms with van der Waals surface area (Å²) in [7, 11) is 4.77. The smallest absolute Gasteiger partial charge is 0.0242 e. The van der Waals surface area contributed by atoms with Gasteiger partial charge in [0.2, 0.25) is 0 Å². The van der Waals surface area contributed by atoms with Crippen molar-refractivity contribution >= 4 is 32.7 Å². The van der Waals surface area contributed by atoms with Crippen molar-refractivity contribution in [1.82, 2.24) is 9.80 Å². The number of hydrogen-bond acceptors (Lipinski definition) is 2. The van der Waals surface area contributed by atoms with Gasteiger partial charge in [0.1, 0.15) is 0 Å². The Kier molecular flexibility index (Phi) is 10.0. The first kappa shape index (κ1) is 25.1. The maximum atomic E-state index is 4.31. The highest BCUT2D eigenvalue weighted by molar-refractivity contribution is 8.14. The second-order valence-electron chi connectivity index (χ2n) is 8.02. The summed E-state index contributed by atoms with van der Waals surface area (Å²) in [6.07, 6.45) is 0. The number of fused-ring (bicyclic) bond motifs is 2. The Morgan fingerprint density at radius 3 is 1.87 bits per heavy atom. The van der Waals surface area contributed by atoms with Gasteiger partial charge >= 0.3 is 0 Å². The molecule has 2 aromatic carbocycles. The van der Waals surface area contributed by atoms with E-state index < -0.39 is 0 Å². The van der Waals surface area contributed by atoms with Crippen LogP contribution in [0.5, 0.6) is 0 Å². The maximum Gasteiger partial charge on any atom is 0.0242 e. The number of rotatable bonds is 0. The minimum atomic E-state index is 0.187. The van der Waals surface area contributed by atoms with Gasteiger partial charge in [0.15, 0.2) is 0 Å². The van der Waals surface area contributed by atoms with Crippen LogP contribution in [0.2, 0.25) is 0 Å². The van der Waals surface area contributed by atoms with Gasteiger partial charge in [-0.25, -0.2) is 0 Å². The molecule has 2 aliphatic rings. The van der Waals surface area contributed by atoms with Crippen LogP contribution in [0.15, 0.2) is 46.2 Å². The van der Waals surface area contributed by atoms with Gasteiger partial charge in [-0.3, -0.25) is 0 Å². The molecule has 0 amide bonds. The summed E-state index contributed by atoms with van der Waals surface area (Å²) in [5, 5.41) is 0. The number of aryl methyl sites for hydroxylation is 2. The van der Waals surface area contributed by atoms with Gasteiger partial charge in [0, 0.05) is 47.5 Å². The van der Waals surface area contributed by atoms with E-state index in [0.29, 0.717) is 0 Å². The molecule has 2 aliphatic heterocycles. The first-order chi connectivity index (χ1) is 14.3. The first-order valence-corrected chi connectivity index (χ1v) is 14.0. The van der Waals surface area contributed by atoms with Crippen LogP contribution in [0.1, 0.15) is 36.1 Å². The van der Waals surface area contributed by atoms with Crippen LogP contribution in [-0.4, -0.2) is 60.2 Å². The fourth-order valence-corrected chi connectivity index (χ4v) is 6.77. The molecule has 30 heavy (non-hydrogen) atoms. The Balaban J connectivity index is 0.000000199. The van der Waals surface area contributed by atoms with E-state index in [1.165, 1.54) is 56.6 Å². The molecule has 0 saturated carbocycles. The number of hydrogen-bond donors (Lipinski definition) is 0. The van der Waals surface area contributed by atoms with E-state index in [1.807, 2.05) is 13.8 Å². The standard InChI is InChI=1S/C13H19NS.C11H15NS.C2H6/c1-10-7-12-9-14(3)5-6-15(4)13(12)8-11(10)2;1-12-7-8-13(2)11-6-4-3-5-10(11)9-12;1-2/h7-8H,4-6,9H2,1-3H3;3-6H,2,7-9H2,1H3;1-2H3. The van der Waals surface area contributed by atoms with E-state index in [4.69, 9.17) is 0 Å². The number of nitrogens with zero attached hydrogens (tertiary/aromatic N) is 2. The molecule has 0 aliphatic carbocycles. The fraction of sp³-hybridized carbons (Fsp3) is 0.462. The molecule has 2 atom stereocenters. The highest BCUT2D eigenvalue weighted by Crippen LogP contribution is 2.33. The third kappa shape index (κ3) is 6.65. The van der Waals surface area contributed by atoms with Crippen molar-refractivity contribution in [2.24, 2.45) is 0 Å². The van der Waals surface area contributed by atoms with Crippen molar-refractivity contribution in [2.75, 3.05) is 38.7 Å². The van der Waals surface area contributed by atoms with Crippen molar-refractivity contribution in [3.8, 4) is 0 Å². The average Bonchev–Trinajstić information content (AvgIpc) is 2.97. The van der Waals surface area contributed by atoms with Gasteiger partial charge in [-0.05, 0) is 62.3 Å². The van der Waals surface area contributed by atoms with Crippen LogP contribution < -0.4 is 0 Å². The quantitative estimate of drug-likeness (QED) is 0.458. The van der Waals surface area contributed by atoms with Crippen molar-refractivity contribution in [3.63, 3.8) is 0 Å². The van der Waals surface area contributed by atoms with Gasteiger partial charge in [-0.2, -0.15) is 21.0 Å². The summed E-state index contributed by atoms with van der Waals surface area (Å²) in [5.41, 5.74) is 5.75. The second-order valence-corrected chi connectivity index (χ2v) is 11.7. The lowest BCUT2D eigenvalue weighted by Crippen LogP contribution is -2.18. The van der Waals surface area contributed by atoms with E-state index in [-0.39, 0.29) is 21.0 Å². The molecule has 2 nitrogen and oxygen atoms in total. The predicted molar refractivity (Wildman–Crippen MR) is 142 cm³/mol. The van der Waals surface area contributed by atoms with E-state index in [2.05, 4.69) is 85.9 Å². The molecule has 0 fully saturated rings. The summed E-state index contributed by atoms with van der Waals surface area (Å²) in [5.74, 6) is 10.9. The van der Waals surface area contributed by atoms with Gasteiger partial charge in [-0.15, -0.1) is 0 Å². The van der Waals surface area contributed by atoms with Gasteiger partial charge in [-0.1, -0.05) is 49.9 Å². The van der Waals surface area contributed by atoms with Crippen molar-refractivity contribution in [1.29, 1.82) is 0 Å². The maximum absolute atomic E-state index is 4.31. The lowest BCUT2D eigenvalue weighted by atomic mass is 10.1. The Bertz CT molecular complexity index is 889. The summed E-state index contributed by atoms with van der Waals surface area (Å²) in [4.78, 5) is 7.72. The molecular formula is C26H40N2S2. The molecule has 4 rings (SSSR count). The van der Waals surface area contributed by atoms with Crippen LogP contribution in [0.3, 0.4) is 0 Å². The zero-order valence-corrected chi connectivity index (χ0v) is 21.5. The molecule has 4 heteroatoms. The Labute approximate surface area is 190 Å². The van der Waals surface area contributed by atoms with Gasteiger partial charge in [0.05, 0.1) is 0 Å². The van der Waals surface area contributed by atoms with E-state index in [9.17, 15) is 0 Å². The largest absolute Gasteiger partial charge is 0.301 e. The molecule has 0 bridgehead atoms. The minimum absolute atomic E-state index is 0.187. The van der Waals surface area contributed by atoms with Crippen LogP contribution in [0.4, 0.5) is 0 Å². The van der Waals surface area contributed by atoms with Crippen molar-refractivity contribution in [3.05, 3.63) is 58.7 Å². The van der Waals surface area contributed by atoms with Crippen LogP contribution in [0.25, 0.3) is 0 Å². The van der Waals surface area contributed by atoms with Gasteiger partial charge in [0.25, 0.3) is 0 Å². The average molecular weight is 445 g/mol. The molecule has 0 aromatic heterocycles. The van der Waals surface area contributed by atoms with Crippen LogP contribution in [0, 0.1) is 13.8 Å². The summed E-state index contributed by atoms with van der Waals surface area (Å²) in [6.45, 7) is 12.9. The minimum Gasteiger partial charge on any atom is -0.301 e. The predicted octanol–water partition coefficient (Wildman–Crippen LogP) is 6.03. The van der Waals surface area contributed by atoms with Crippen molar-refractivity contribution < 1.29 is 0 Å².